The van der Waals surface area contributed by atoms with Gasteiger partial charge >= 0.3 is 0 Å². The van der Waals surface area contributed by atoms with Crippen LogP contribution in [-0.2, 0) is 16.0 Å². The summed E-state index contributed by atoms with van der Waals surface area (Å²) in [6.45, 7) is 3.11. The summed E-state index contributed by atoms with van der Waals surface area (Å²) in [4.78, 5) is 12.5. The van der Waals surface area contributed by atoms with Gasteiger partial charge in [0, 0.05) is 51.7 Å². The molecule has 20 heavy (non-hydrogen) atoms. The van der Waals surface area contributed by atoms with Gasteiger partial charge in [-0.05, 0) is 11.6 Å². The first-order valence-electron chi connectivity index (χ1n) is 6.31. The van der Waals surface area contributed by atoms with Crippen LogP contribution in [0, 0.1) is 10.1 Å². The van der Waals surface area contributed by atoms with Gasteiger partial charge in [-0.3, -0.25) is 15.0 Å². The van der Waals surface area contributed by atoms with Crippen LogP contribution in [0.1, 0.15) is 5.56 Å². The third-order valence-corrected chi connectivity index (χ3v) is 2.95. The molecule has 7 nitrogen and oxygen atoms in total. The van der Waals surface area contributed by atoms with Crippen LogP contribution in [0.5, 0.6) is 0 Å². The van der Waals surface area contributed by atoms with E-state index < -0.39 is 4.92 Å². The van der Waals surface area contributed by atoms with E-state index in [9.17, 15) is 10.1 Å². The Morgan fingerprint density at radius 3 is 2.35 bits per heavy atom. The molecule has 0 fully saturated rings. The second kappa shape index (κ2) is 8.47. The zero-order valence-corrected chi connectivity index (χ0v) is 11.9. The molecular weight excluding hydrogens is 262 g/mol. The second-order valence-corrected chi connectivity index (χ2v) is 4.40. The Labute approximate surface area is 118 Å². The number of nitro benzene ring substituents is 1. The molecule has 0 saturated heterocycles. The van der Waals surface area contributed by atoms with E-state index in [4.69, 9.17) is 15.2 Å². The molecule has 7 heteroatoms. The zero-order valence-electron chi connectivity index (χ0n) is 11.9. The molecule has 1 aromatic rings. The van der Waals surface area contributed by atoms with E-state index in [2.05, 4.69) is 4.90 Å². The van der Waals surface area contributed by atoms with Crippen LogP contribution < -0.4 is 5.73 Å². The molecule has 0 bridgehead atoms. The standard InChI is InChI=1S/C13H21N3O4/c1-19-7-5-15(6-8-20-2)10-11-9-12(16(17)18)3-4-13(11)14/h3-4,9H,5-8,10,14H2,1-2H3. The van der Waals surface area contributed by atoms with Crippen LogP contribution in [0.4, 0.5) is 11.4 Å². The SMILES string of the molecule is COCCN(CCOC)Cc1cc([N+](=O)[O-])ccc1N. The molecule has 0 saturated carbocycles. The smallest absolute Gasteiger partial charge is 0.269 e. The molecule has 1 rings (SSSR count). The van der Waals surface area contributed by atoms with Gasteiger partial charge in [-0.2, -0.15) is 0 Å². The molecule has 0 spiro atoms. The molecule has 0 heterocycles. The van der Waals surface area contributed by atoms with Gasteiger partial charge in [0.2, 0.25) is 0 Å². The molecule has 0 radical (unpaired) electrons. The number of nitrogens with zero attached hydrogens (tertiary/aromatic N) is 2. The third kappa shape index (κ3) is 5.12. The van der Waals surface area contributed by atoms with Crippen molar-refractivity contribution in [2.45, 2.75) is 6.54 Å². The van der Waals surface area contributed by atoms with Crippen molar-refractivity contribution in [3.05, 3.63) is 33.9 Å². The number of methoxy groups -OCH3 is 2. The second-order valence-electron chi connectivity index (χ2n) is 4.40. The minimum Gasteiger partial charge on any atom is -0.398 e. The summed E-state index contributed by atoms with van der Waals surface area (Å²) in [5, 5.41) is 10.8. The fraction of sp³-hybridized carbons (Fsp3) is 0.538. The molecule has 0 amide bonds. The van der Waals surface area contributed by atoms with E-state index in [0.29, 0.717) is 38.5 Å². The molecule has 0 aliphatic carbocycles. The van der Waals surface area contributed by atoms with Crippen molar-refractivity contribution in [1.82, 2.24) is 4.90 Å². The Morgan fingerprint density at radius 2 is 1.85 bits per heavy atom. The Hall–Kier alpha value is -1.70. The predicted molar refractivity (Wildman–Crippen MR) is 76.5 cm³/mol. The van der Waals surface area contributed by atoms with Crippen molar-refractivity contribution < 1.29 is 14.4 Å². The number of ether oxygens (including phenoxy) is 2. The monoisotopic (exact) mass is 283 g/mol. The van der Waals surface area contributed by atoms with Gasteiger partial charge in [-0.15, -0.1) is 0 Å². The Bertz CT molecular complexity index is 432. The van der Waals surface area contributed by atoms with Gasteiger partial charge < -0.3 is 15.2 Å². The fourth-order valence-electron chi connectivity index (χ4n) is 1.79. The zero-order chi connectivity index (χ0) is 15.0. The van der Waals surface area contributed by atoms with Gasteiger partial charge in [0.25, 0.3) is 5.69 Å². The maximum Gasteiger partial charge on any atom is 0.269 e. The normalized spacial score (nSPS) is 10.9. The first kappa shape index (κ1) is 16.4. The average Bonchev–Trinajstić information content (AvgIpc) is 2.43. The molecule has 1 aromatic carbocycles. The number of rotatable bonds is 9. The lowest BCUT2D eigenvalue weighted by atomic mass is 10.1. The van der Waals surface area contributed by atoms with Crippen LogP contribution in [-0.4, -0.2) is 50.3 Å². The number of benzene rings is 1. The Balaban J connectivity index is 2.79. The maximum absolute atomic E-state index is 10.8. The quantitative estimate of drug-likeness (QED) is 0.417. The summed E-state index contributed by atoms with van der Waals surface area (Å²) in [7, 11) is 3.27. The fourth-order valence-corrected chi connectivity index (χ4v) is 1.79. The Kier molecular flexibility index (Phi) is 6.92. The minimum absolute atomic E-state index is 0.0487. The lowest BCUT2D eigenvalue weighted by Gasteiger charge is -2.22. The van der Waals surface area contributed by atoms with E-state index >= 15 is 0 Å². The molecule has 112 valence electrons. The minimum atomic E-state index is -0.419. The number of anilines is 1. The van der Waals surface area contributed by atoms with E-state index in [1.165, 1.54) is 12.1 Å². The molecular formula is C13H21N3O4. The van der Waals surface area contributed by atoms with Crippen LogP contribution in [0.3, 0.4) is 0 Å². The summed E-state index contributed by atoms with van der Waals surface area (Å²) >= 11 is 0. The van der Waals surface area contributed by atoms with E-state index in [-0.39, 0.29) is 5.69 Å². The van der Waals surface area contributed by atoms with Crippen LogP contribution in [0.2, 0.25) is 0 Å². The van der Waals surface area contributed by atoms with Gasteiger partial charge in [-0.25, -0.2) is 0 Å². The van der Waals surface area contributed by atoms with Gasteiger partial charge in [-0.1, -0.05) is 0 Å². The van der Waals surface area contributed by atoms with Crippen molar-refractivity contribution >= 4 is 11.4 Å². The summed E-state index contributed by atoms with van der Waals surface area (Å²) in [6, 6.07) is 4.49. The molecule has 0 unspecified atom stereocenters. The highest BCUT2D eigenvalue weighted by atomic mass is 16.6. The number of nitrogen functional groups attached to an aromatic ring is 1. The molecule has 2 N–H and O–H groups in total. The first-order chi connectivity index (χ1) is 9.58. The van der Waals surface area contributed by atoms with Crippen molar-refractivity contribution in [2.75, 3.05) is 46.3 Å². The Morgan fingerprint density at radius 1 is 1.25 bits per heavy atom. The van der Waals surface area contributed by atoms with E-state index in [0.717, 1.165) is 5.56 Å². The average molecular weight is 283 g/mol. The molecule has 0 aliphatic heterocycles. The van der Waals surface area contributed by atoms with Gasteiger partial charge in [0.1, 0.15) is 0 Å². The summed E-state index contributed by atoms with van der Waals surface area (Å²) in [6.07, 6.45) is 0. The first-order valence-corrected chi connectivity index (χ1v) is 6.31. The van der Waals surface area contributed by atoms with Gasteiger partial charge in [0.05, 0.1) is 18.1 Å². The largest absolute Gasteiger partial charge is 0.398 e. The highest BCUT2D eigenvalue weighted by molar-refractivity contribution is 5.52. The molecule has 0 aliphatic rings. The highest BCUT2D eigenvalue weighted by Gasteiger charge is 2.12. The van der Waals surface area contributed by atoms with Crippen molar-refractivity contribution in [3.8, 4) is 0 Å². The number of nitro groups is 1. The van der Waals surface area contributed by atoms with Crippen molar-refractivity contribution in [3.63, 3.8) is 0 Å². The number of hydrogen-bond donors (Lipinski definition) is 1. The number of nitrogens with two attached hydrogens (primary N) is 1. The highest BCUT2D eigenvalue weighted by Crippen LogP contribution is 2.21. The van der Waals surface area contributed by atoms with Crippen LogP contribution in [0.15, 0.2) is 18.2 Å². The topological polar surface area (TPSA) is 90.9 Å². The van der Waals surface area contributed by atoms with Gasteiger partial charge in [0.15, 0.2) is 0 Å². The summed E-state index contributed by atoms with van der Waals surface area (Å²) in [5.74, 6) is 0. The van der Waals surface area contributed by atoms with E-state index in [1.54, 1.807) is 20.3 Å². The van der Waals surface area contributed by atoms with E-state index in [1.807, 2.05) is 0 Å². The lowest BCUT2D eigenvalue weighted by molar-refractivity contribution is -0.384. The van der Waals surface area contributed by atoms with Crippen LogP contribution >= 0.6 is 0 Å². The number of hydrogen-bond acceptors (Lipinski definition) is 6. The summed E-state index contributed by atoms with van der Waals surface area (Å²) < 4.78 is 10.1. The summed E-state index contributed by atoms with van der Waals surface area (Å²) in [5.41, 5.74) is 7.23. The molecule has 0 atom stereocenters. The maximum atomic E-state index is 10.8. The lowest BCUT2D eigenvalue weighted by Crippen LogP contribution is -2.30. The number of non-ortho nitro benzene ring substituents is 1. The molecule has 0 aromatic heterocycles. The van der Waals surface area contributed by atoms with Crippen LogP contribution in [0.25, 0.3) is 0 Å². The third-order valence-electron chi connectivity index (χ3n) is 2.95. The van der Waals surface area contributed by atoms with Crippen molar-refractivity contribution in [1.29, 1.82) is 0 Å². The predicted octanol–water partition coefficient (Wildman–Crippen LogP) is 1.27. The van der Waals surface area contributed by atoms with Crippen molar-refractivity contribution in [2.24, 2.45) is 0 Å².